The summed E-state index contributed by atoms with van der Waals surface area (Å²) in [5.74, 6) is 0.552. The minimum atomic E-state index is 0.183. The molecule has 4 N–H and O–H groups in total. The number of pyridine rings is 1. The van der Waals surface area contributed by atoms with Crippen molar-refractivity contribution in [3.05, 3.63) is 69.7 Å². The van der Waals surface area contributed by atoms with Gasteiger partial charge in [-0.05, 0) is 50.7 Å². The van der Waals surface area contributed by atoms with Crippen LogP contribution in [0.3, 0.4) is 0 Å². The van der Waals surface area contributed by atoms with Gasteiger partial charge in [0, 0.05) is 41.0 Å². The number of nitrogens with one attached hydrogen (secondary N) is 2. The highest BCUT2D eigenvalue weighted by Gasteiger charge is 2.12. The van der Waals surface area contributed by atoms with Crippen LogP contribution in [0.5, 0.6) is 5.75 Å². The van der Waals surface area contributed by atoms with Gasteiger partial charge in [0.2, 0.25) is 0 Å². The number of hydrogen-bond acceptors (Lipinski definition) is 6. The van der Waals surface area contributed by atoms with Gasteiger partial charge in [0.1, 0.15) is 12.4 Å². The Hall–Kier alpha value is -2.61. The molecule has 2 aromatic heterocycles. The van der Waals surface area contributed by atoms with Gasteiger partial charge in [-0.25, -0.2) is 0 Å². The molecule has 164 valence electrons. The third kappa shape index (κ3) is 6.19. The largest absolute Gasteiger partial charge is 0.489 e. The fourth-order valence-corrected chi connectivity index (χ4v) is 3.69. The molecule has 0 unspecified atom stereocenters. The number of nitrogen functional groups attached to an aromatic ring is 1. The van der Waals surface area contributed by atoms with Gasteiger partial charge in [0.25, 0.3) is 0 Å². The first-order chi connectivity index (χ1) is 15.0. The summed E-state index contributed by atoms with van der Waals surface area (Å²) in [5.41, 5.74) is 8.55. The molecular weight excluding hydrogens is 435 g/mol. The first-order valence-electron chi connectivity index (χ1n) is 10.1. The molecule has 9 heteroatoms. The summed E-state index contributed by atoms with van der Waals surface area (Å²) in [4.78, 5) is 6.39. The van der Waals surface area contributed by atoms with Gasteiger partial charge < -0.3 is 15.4 Å². The smallest absolute Gasteiger partial charge is 0.120 e. The van der Waals surface area contributed by atoms with E-state index in [9.17, 15) is 0 Å². The van der Waals surface area contributed by atoms with Gasteiger partial charge in [-0.1, -0.05) is 30.1 Å². The van der Waals surface area contributed by atoms with Crippen molar-refractivity contribution in [3.63, 3.8) is 0 Å². The number of nitrogens with two attached hydrogens (primary N) is 1. The number of benzene rings is 1. The van der Waals surface area contributed by atoms with Crippen molar-refractivity contribution in [1.29, 1.82) is 5.41 Å². The van der Waals surface area contributed by atoms with Crippen LogP contribution in [-0.2, 0) is 6.61 Å². The number of rotatable bonds is 6. The Morgan fingerprint density at radius 1 is 1.19 bits per heavy atom. The highest BCUT2D eigenvalue weighted by atomic mass is 35.5. The van der Waals surface area contributed by atoms with Gasteiger partial charge in [-0.3, -0.25) is 15.5 Å². The van der Waals surface area contributed by atoms with Crippen molar-refractivity contribution in [2.75, 3.05) is 25.4 Å². The predicted octanol–water partition coefficient (Wildman–Crippen LogP) is 4.79. The number of nitrogens with zero attached hydrogens (tertiary/aromatic N) is 3. The van der Waals surface area contributed by atoms with Crippen molar-refractivity contribution in [1.82, 2.24) is 20.1 Å². The molecule has 7 nitrogen and oxygen atoms in total. The lowest BCUT2D eigenvalue weighted by atomic mass is 10.0. The third-order valence-electron chi connectivity index (χ3n) is 5.06. The number of H-pyrrole nitrogens is 1. The fourth-order valence-electron chi connectivity index (χ4n) is 3.22. The number of anilines is 1. The number of hydrogen-bond donors (Lipinski definition) is 3. The van der Waals surface area contributed by atoms with Gasteiger partial charge in [0.05, 0.1) is 22.0 Å². The Bertz CT molecular complexity index is 983. The summed E-state index contributed by atoms with van der Waals surface area (Å²) in [5, 5.41) is 15.6. The maximum absolute atomic E-state index is 8.24. The van der Waals surface area contributed by atoms with Crippen molar-refractivity contribution in [3.8, 4) is 5.75 Å². The van der Waals surface area contributed by atoms with E-state index >= 15 is 0 Å². The average molecular weight is 461 g/mol. The Morgan fingerprint density at radius 2 is 1.90 bits per heavy atom. The molecule has 3 heterocycles. The molecule has 0 atom stereocenters. The predicted molar refractivity (Wildman–Crippen MR) is 125 cm³/mol. The van der Waals surface area contributed by atoms with Gasteiger partial charge in [0.15, 0.2) is 0 Å². The van der Waals surface area contributed by atoms with Crippen LogP contribution in [-0.4, -0.2) is 45.4 Å². The van der Waals surface area contributed by atoms with E-state index in [2.05, 4.69) is 27.0 Å². The topological polar surface area (TPSA) is 104 Å². The van der Waals surface area contributed by atoms with Crippen LogP contribution in [0.25, 0.3) is 0 Å². The number of halogens is 2. The van der Waals surface area contributed by atoms with Crippen molar-refractivity contribution in [2.24, 2.45) is 0 Å². The van der Waals surface area contributed by atoms with Crippen LogP contribution >= 0.6 is 23.2 Å². The zero-order valence-electron chi connectivity index (χ0n) is 17.4. The highest BCUT2D eigenvalue weighted by molar-refractivity contribution is 6.35. The monoisotopic (exact) mass is 460 g/mol. The zero-order valence-corrected chi connectivity index (χ0v) is 18.9. The van der Waals surface area contributed by atoms with E-state index in [4.69, 9.17) is 39.1 Å². The summed E-state index contributed by atoms with van der Waals surface area (Å²) < 4.78 is 5.74. The molecule has 1 aliphatic rings. The van der Waals surface area contributed by atoms with Crippen LogP contribution in [0, 0.1) is 5.41 Å². The van der Waals surface area contributed by atoms with E-state index in [1.165, 1.54) is 44.9 Å². The maximum atomic E-state index is 8.24. The summed E-state index contributed by atoms with van der Waals surface area (Å²) in [7, 11) is 0. The van der Waals surface area contributed by atoms with E-state index < -0.39 is 0 Å². The normalized spacial score (nSPS) is 13.5. The molecule has 1 aromatic carbocycles. The number of aromatic nitrogens is 3. The van der Waals surface area contributed by atoms with Gasteiger partial charge >= 0.3 is 0 Å². The molecular formula is C22H26Cl2N6O. The minimum Gasteiger partial charge on any atom is -0.489 e. The van der Waals surface area contributed by atoms with Crippen molar-refractivity contribution < 1.29 is 4.74 Å². The van der Waals surface area contributed by atoms with Gasteiger partial charge in [-0.15, -0.1) is 0 Å². The Labute approximate surface area is 192 Å². The van der Waals surface area contributed by atoms with Crippen LogP contribution in [0.2, 0.25) is 10.0 Å². The first kappa shape index (κ1) is 23.1. The minimum absolute atomic E-state index is 0.183. The van der Waals surface area contributed by atoms with Crippen LogP contribution in [0.4, 0.5) is 5.69 Å². The molecule has 3 aromatic rings. The Kier molecular flexibility index (Phi) is 8.28. The van der Waals surface area contributed by atoms with E-state index in [1.54, 1.807) is 30.6 Å². The average Bonchev–Trinajstić information content (AvgIpc) is 3.48. The first-order valence-corrected chi connectivity index (χ1v) is 10.9. The van der Waals surface area contributed by atoms with Crippen molar-refractivity contribution >= 4 is 34.6 Å². The van der Waals surface area contributed by atoms with E-state index in [0.717, 1.165) is 0 Å². The summed E-state index contributed by atoms with van der Waals surface area (Å²) in [6.45, 7) is 6.35. The molecule has 1 fully saturated rings. The van der Waals surface area contributed by atoms with Gasteiger partial charge in [-0.2, -0.15) is 5.10 Å². The fraction of sp³-hybridized carbons (Fsp3) is 0.318. The maximum Gasteiger partial charge on any atom is 0.120 e. The summed E-state index contributed by atoms with van der Waals surface area (Å²) >= 11 is 12.2. The molecule has 1 saturated heterocycles. The zero-order chi connectivity index (χ0) is 22.2. The lowest BCUT2D eigenvalue weighted by Crippen LogP contribution is -2.17. The molecule has 0 radical (unpaired) electrons. The molecule has 4 rings (SSSR count). The molecule has 0 amide bonds. The van der Waals surface area contributed by atoms with Crippen LogP contribution < -0.4 is 10.5 Å². The summed E-state index contributed by atoms with van der Waals surface area (Å²) in [6.07, 6.45) is 9.06. The van der Waals surface area contributed by atoms with Crippen LogP contribution in [0.15, 0.2) is 43.0 Å². The lowest BCUT2D eigenvalue weighted by molar-refractivity contribution is 0.306. The highest BCUT2D eigenvalue weighted by Crippen LogP contribution is 2.27. The molecule has 1 aliphatic heterocycles. The van der Waals surface area contributed by atoms with E-state index in [-0.39, 0.29) is 12.3 Å². The molecule has 0 spiro atoms. The Balaban J connectivity index is 0.000000330. The van der Waals surface area contributed by atoms with Crippen molar-refractivity contribution in [2.45, 2.75) is 26.4 Å². The third-order valence-corrected chi connectivity index (χ3v) is 5.71. The molecule has 31 heavy (non-hydrogen) atoms. The summed E-state index contributed by atoms with van der Waals surface area (Å²) in [6, 6.07) is 5.12. The SMILES string of the molecule is CCN1CCCC1.N=C(c1cn[nH]c1)c1cc(OCc2c(Cl)cncc2Cl)ccc1N. The lowest BCUT2D eigenvalue weighted by Gasteiger charge is -2.12. The van der Waals surface area contributed by atoms with E-state index in [0.29, 0.717) is 38.2 Å². The van der Waals surface area contributed by atoms with E-state index in [1.807, 2.05) is 0 Å². The quantitative estimate of drug-likeness (QED) is 0.362. The Morgan fingerprint density at radius 3 is 2.48 bits per heavy atom. The number of likely N-dealkylation sites (tertiary alicyclic amines) is 1. The molecule has 0 saturated carbocycles. The number of aromatic amines is 1. The molecule has 0 bridgehead atoms. The number of ether oxygens (including phenoxy) is 1. The second kappa shape index (κ2) is 11.1. The second-order valence-electron chi connectivity index (χ2n) is 7.12. The second-order valence-corrected chi connectivity index (χ2v) is 7.94. The standard InChI is InChI=1S/C16H13Cl2N5O.C6H13N/c17-13-6-21-7-14(18)12(13)8-24-10-1-2-15(19)11(3-10)16(20)9-4-22-23-5-9;1-2-7-5-3-4-6-7/h1-7,20H,8,19H2,(H,22,23);2-6H2,1H3. The van der Waals surface area contributed by atoms with Crippen LogP contribution in [0.1, 0.15) is 36.5 Å². The molecule has 0 aliphatic carbocycles.